The van der Waals surface area contributed by atoms with Gasteiger partial charge in [-0.25, -0.2) is 14.8 Å². The maximum absolute atomic E-state index is 12.1. The summed E-state index contributed by atoms with van der Waals surface area (Å²) in [5, 5.41) is 6.92. The number of para-hydroxylation sites is 1. The summed E-state index contributed by atoms with van der Waals surface area (Å²) in [4.78, 5) is 20.5. The van der Waals surface area contributed by atoms with Crippen molar-refractivity contribution in [1.29, 1.82) is 0 Å². The first-order valence-electron chi connectivity index (χ1n) is 8.03. The van der Waals surface area contributed by atoms with Crippen molar-refractivity contribution in [3.05, 3.63) is 71.5 Å². The van der Waals surface area contributed by atoms with Crippen molar-refractivity contribution in [3.8, 4) is 0 Å². The van der Waals surface area contributed by atoms with Gasteiger partial charge in [0, 0.05) is 16.8 Å². The van der Waals surface area contributed by atoms with Crippen LogP contribution in [0.3, 0.4) is 0 Å². The molecule has 0 saturated carbocycles. The molecule has 2 N–H and O–H groups in total. The van der Waals surface area contributed by atoms with E-state index in [2.05, 4.69) is 20.6 Å². The molecule has 0 aliphatic rings. The van der Waals surface area contributed by atoms with E-state index in [1.54, 1.807) is 43.3 Å². The SMILES string of the molecule is CCOC(=O)c1ccccc1Nc1cc(Nc2cccc(Cl)c2)ncn1. The second-order valence-electron chi connectivity index (χ2n) is 5.31. The Bertz CT molecular complexity index is 917. The van der Waals surface area contributed by atoms with Crippen LogP contribution in [0.1, 0.15) is 17.3 Å². The Morgan fingerprint density at radius 1 is 1.04 bits per heavy atom. The molecule has 0 radical (unpaired) electrons. The van der Waals surface area contributed by atoms with Crippen LogP contribution in [-0.4, -0.2) is 22.5 Å². The van der Waals surface area contributed by atoms with Crippen LogP contribution >= 0.6 is 11.6 Å². The molecule has 1 aromatic heterocycles. The lowest BCUT2D eigenvalue weighted by atomic mass is 10.2. The molecule has 0 aliphatic heterocycles. The highest BCUT2D eigenvalue weighted by atomic mass is 35.5. The minimum atomic E-state index is -0.387. The minimum Gasteiger partial charge on any atom is -0.462 e. The van der Waals surface area contributed by atoms with Crippen LogP contribution in [0.5, 0.6) is 0 Å². The van der Waals surface area contributed by atoms with E-state index in [1.165, 1.54) is 6.33 Å². The summed E-state index contributed by atoms with van der Waals surface area (Å²) in [6, 6.07) is 16.2. The van der Waals surface area contributed by atoms with Crippen LogP contribution in [0, 0.1) is 0 Å². The Morgan fingerprint density at radius 3 is 2.58 bits per heavy atom. The van der Waals surface area contributed by atoms with Crippen LogP contribution in [0.15, 0.2) is 60.9 Å². The molecule has 0 spiro atoms. The Labute approximate surface area is 156 Å². The molecule has 0 unspecified atom stereocenters. The molecular formula is C19H17ClN4O2. The number of halogens is 1. The summed E-state index contributed by atoms with van der Waals surface area (Å²) < 4.78 is 5.08. The quantitative estimate of drug-likeness (QED) is 0.609. The molecule has 26 heavy (non-hydrogen) atoms. The third-order valence-electron chi connectivity index (χ3n) is 3.45. The Balaban J connectivity index is 1.80. The van der Waals surface area contributed by atoms with E-state index in [-0.39, 0.29) is 5.97 Å². The smallest absolute Gasteiger partial charge is 0.340 e. The summed E-state index contributed by atoms with van der Waals surface area (Å²) in [7, 11) is 0. The van der Waals surface area contributed by atoms with Gasteiger partial charge < -0.3 is 15.4 Å². The van der Waals surface area contributed by atoms with Crippen LogP contribution in [-0.2, 0) is 4.74 Å². The number of nitrogens with one attached hydrogen (secondary N) is 2. The highest BCUT2D eigenvalue weighted by molar-refractivity contribution is 6.30. The molecule has 0 atom stereocenters. The van der Waals surface area contributed by atoms with Crippen LogP contribution in [0.2, 0.25) is 5.02 Å². The molecule has 0 fully saturated rings. The van der Waals surface area contributed by atoms with Gasteiger partial charge in [-0.3, -0.25) is 0 Å². The Kier molecular flexibility index (Phi) is 5.66. The molecule has 3 aromatic rings. The van der Waals surface area contributed by atoms with Crippen LogP contribution in [0.25, 0.3) is 0 Å². The lowest BCUT2D eigenvalue weighted by molar-refractivity contribution is 0.0527. The summed E-state index contributed by atoms with van der Waals surface area (Å²) in [6.07, 6.45) is 1.43. The van der Waals surface area contributed by atoms with Gasteiger partial charge in [-0.1, -0.05) is 29.8 Å². The first-order chi connectivity index (χ1) is 12.7. The molecule has 132 valence electrons. The second-order valence-corrected chi connectivity index (χ2v) is 5.75. The number of esters is 1. The van der Waals surface area contributed by atoms with Gasteiger partial charge in [0.2, 0.25) is 0 Å². The third kappa shape index (κ3) is 4.49. The van der Waals surface area contributed by atoms with Crippen molar-refractivity contribution in [2.45, 2.75) is 6.92 Å². The van der Waals surface area contributed by atoms with Crippen LogP contribution < -0.4 is 10.6 Å². The van der Waals surface area contributed by atoms with Crippen LogP contribution in [0.4, 0.5) is 23.0 Å². The average molecular weight is 369 g/mol. The molecule has 6 nitrogen and oxygen atoms in total. The largest absolute Gasteiger partial charge is 0.462 e. The Hall–Kier alpha value is -3.12. The fourth-order valence-corrected chi connectivity index (χ4v) is 2.52. The minimum absolute atomic E-state index is 0.314. The number of carbonyl (C=O) groups is 1. The second kappa shape index (κ2) is 8.31. The van der Waals surface area contributed by atoms with Gasteiger partial charge in [0.05, 0.1) is 17.9 Å². The third-order valence-corrected chi connectivity index (χ3v) is 3.68. The predicted molar refractivity (Wildman–Crippen MR) is 102 cm³/mol. The zero-order chi connectivity index (χ0) is 18.4. The molecule has 0 bridgehead atoms. The highest BCUT2D eigenvalue weighted by Crippen LogP contribution is 2.23. The van der Waals surface area contributed by atoms with Crippen molar-refractivity contribution >= 4 is 40.6 Å². The van der Waals surface area contributed by atoms with E-state index in [4.69, 9.17) is 16.3 Å². The molecular weight excluding hydrogens is 352 g/mol. The number of rotatable bonds is 6. The molecule has 0 aliphatic carbocycles. The Morgan fingerprint density at radius 2 is 1.81 bits per heavy atom. The van der Waals surface area contributed by atoms with Crippen molar-refractivity contribution in [1.82, 2.24) is 9.97 Å². The first-order valence-corrected chi connectivity index (χ1v) is 8.41. The van der Waals surface area contributed by atoms with Gasteiger partial charge in [-0.2, -0.15) is 0 Å². The molecule has 3 rings (SSSR count). The number of anilines is 4. The zero-order valence-corrected chi connectivity index (χ0v) is 14.8. The molecule has 7 heteroatoms. The number of aromatic nitrogens is 2. The van der Waals surface area contributed by atoms with Gasteiger partial charge in [0.15, 0.2) is 0 Å². The normalized spacial score (nSPS) is 10.2. The maximum Gasteiger partial charge on any atom is 0.340 e. The highest BCUT2D eigenvalue weighted by Gasteiger charge is 2.12. The van der Waals surface area contributed by atoms with Gasteiger partial charge in [0.25, 0.3) is 0 Å². The van der Waals surface area contributed by atoms with E-state index >= 15 is 0 Å². The van der Waals surface area contributed by atoms with Crippen molar-refractivity contribution < 1.29 is 9.53 Å². The van der Waals surface area contributed by atoms with E-state index in [0.29, 0.717) is 34.5 Å². The van der Waals surface area contributed by atoms with E-state index < -0.39 is 0 Å². The van der Waals surface area contributed by atoms with Gasteiger partial charge in [-0.15, -0.1) is 0 Å². The topological polar surface area (TPSA) is 76.1 Å². The fourth-order valence-electron chi connectivity index (χ4n) is 2.33. The molecule has 2 aromatic carbocycles. The number of benzene rings is 2. The number of carbonyl (C=O) groups excluding carboxylic acids is 1. The predicted octanol–water partition coefficient (Wildman–Crippen LogP) is 4.79. The van der Waals surface area contributed by atoms with E-state index in [9.17, 15) is 4.79 Å². The van der Waals surface area contributed by atoms with Crippen molar-refractivity contribution in [2.75, 3.05) is 17.2 Å². The van der Waals surface area contributed by atoms with E-state index in [1.807, 2.05) is 18.2 Å². The maximum atomic E-state index is 12.1. The van der Waals surface area contributed by atoms with Gasteiger partial charge in [-0.05, 0) is 37.3 Å². The summed E-state index contributed by atoms with van der Waals surface area (Å²) >= 11 is 5.99. The number of hydrogen-bond acceptors (Lipinski definition) is 6. The standard InChI is InChI=1S/C19H17ClN4O2/c1-2-26-19(25)15-8-3-4-9-16(15)24-18-11-17(21-12-22-18)23-14-7-5-6-13(20)10-14/h3-12H,2H2,1H3,(H2,21,22,23,24). The lowest BCUT2D eigenvalue weighted by Gasteiger charge is -2.12. The lowest BCUT2D eigenvalue weighted by Crippen LogP contribution is -2.08. The van der Waals surface area contributed by atoms with E-state index in [0.717, 1.165) is 5.69 Å². The first kappa shape index (κ1) is 17.7. The summed E-state index contributed by atoms with van der Waals surface area (Å²) in [5.41, 5.74) is 1.87. The summed E-state index contributed by atoms with van der Waals surface area (Å²) in [5.74, 6) is 0.751. The number of nitrogens with zero attached hydrogens (tertiary/aromatic N) is 2. The van der Waals surface area contributed by atoms with Gasteiger partial charge in [0.1, 0.15) is 18.0 Å². The number of ether oxygens (including phenoxy) is 1. The zero-order valence-electron chi connectivity index (χ0n) is 14.1. The molecule has 1 heterocycles. The average Bonchev–Trinajstić information content (AvgIpc) is 2.63. The van der Waals surface area contributed by atoms with Crippen molar-refractivity contribution in [3.63, 3.8) is 0 Å². The molecule has 0 saturated heterocycles. The summed E-state index contributed by atoms with van der Waals surface area (Å²) in [6.45, 7) is 2.08. The van der Waals surface area contributed by atoms with Crippen molar-refractivity contribution in [2.24, 2.45) is 0 Å². The van der Waals surface area contributed by atoms with Gasteiger partial charge >= 0.3 is 5.97 Å². The fraction of sp³-hybridized carbons (Fsp3) is 0.105. The molecule has 0 amide bonds. The monoisotopic (exact) mass is 368 g/mol. The number of hydrogen-bond donors (Lipinski definition) is 2.